The number of hydrogen-bond donors (Lipinski definition) is 0. The summed E-state index contributed by atoms with van der Waals surface area (Å²) in [5.74, 6) is 0.949. The third-order valence-corrected chi connectivity index (χ3v) is 4.05. The van der Waals surface area contributed by atoms with Gasteiger partial charge in [-0.15, -0.1) is 0 Å². The van der Waals surface area contributed by atoms with Gasteiger partial charge in [0, 0.05) is 0 Å². The second-order valence-corrected chi connectivity index (χ2v) is 7.05. The van der Waals surface area contributed by atoms with E-state index in [0.29, 0.717) is 0 Å². The molecule has 0 saturated heterocycles. The Bertz CT molecular complexity index is 387. The van der Waals surface area contributed by atoms with Crippen molar-refractivity contribution in [2.24, 2.45) is 0 Å². The van der Waals surface area contributed by atoms with Crippen LogP contribution in [0.15, 0.2) is 0 Å². The van der Waals surface area contributed by atoms with Crippen molar-refractivity contribution in [1.82, 2.24) is 4.90 Å². The summed E-state index contributed by atoms with van der Waals surface area (Å²) in [4.78, 5) is 2.38. The fraction of sp³-hybridized carbons (Fsp3) is 0.600. The molecule has 0 aliphatic rings. The zero-order valence-electron chi connectivity index (χ0n) is 10.6. The Balaban J connectivity index is 0. The quantitative estimate of drug-likeness (QED) is 0.736. The van der Waals surface area contributed by atoms with Crippen molar-refractivity contribution in [3.8, 4) is 23.2 Å². The molecule has 0 aromatic heterocycles. The fourth-order valence-electron chi connectivity index (χ4n) is 0.805. The molecule has 18 heavy (non-hydrogen) atoms. The van der Waals surface area contributed by atoms with Crippen LogP contribution >= 0.6 is 6.57 Å². The van der Waals surface area contributed by atoms with Crippen LogP contribution in [0.1, 0.15) is 20.8 Å². The summed E-state index contributed by atoms with van der Waals surface area (Å²) >= 11 is 0. The molecule has 0 saturated carbocycles. The summed E-state index contributed by atoms with van der Waals surface area (Å²) in [6.07, 6.45) is 0. The second-order valence-electron chi connectivity index (χ2n) is 3.43. The molecule has 0 heterocycles. The molecule has 0 atom stereocenters. The van der Waals surface area contributed by atoms with E-state index in [-0.39, 0.29) is 23.2 Å². The van der Waals surface area contributed by atoms with Crippen LogP contribution in [0, 0.1) is 44.3 Å². The molecule has 100 valence electrons. The molecule has 0 aromatic carbocycles. The van der Waals surface area contributed by atoms with Crippen LogP contribution in [-0.4, -0.2) is 24.5 Å². The van der Waals surface area contributed by atoms with E-state index < -0.39 is 6.57 Å². The minimum atomic E-state index is -7.59. The Morgan fingerprint density at radius 3 is 1.00 bits per heavy atom. The molecular formula is C10H15F2N5P-. The van der Waals surface area contributed by atoms with Gasteiger partial charge in [-0.05, 0) is 19.6 Å². The first-order valence-corrected chi connectivity index (χ1v) is 7.66. The standard InChI is InChI=1S/C6H15N.C4F2N4P/c1-4-7(5-2)6-3;5-11(6,1-7,2-8,3-9)4-10/h4-6H2,1-3H3;/q;-1. The van der Waals surface area contributed by atoms with E-state index >= 15 is 0 Å². The number of nitrogens with zero attached hydrogens (tertiary/aromatic N) is 5. The molecule has 0 radical (unpaired) electrons. The van der Waals surface area contributed by atoms with Gasteiger partial charge in [0.2, 0.25) is 0 Å². The number of rotatable bonds is 3. The second kappa shape index (κ2) is 5.70. The first-order valence-electron chi connectivity index (χ1n) is 5.20. The summed E-state index contributed by atoms with van der Waals surface area (Å²) in [6.45, 7) is 2.54. The maximum absolute atomic E-state index is 12.8. The van der Waals surface area contributed by atoms with E-state index in [1.165, 1.54) is 19.6 Å². The van der Waals surface area contributed by atoms with Crippen LogP contribution in [0.4, 0.5) is 8.39 Å². The van der Waals surface area contributed by atoms with Crippen LogP contribution < -0.4 is 0 Å². The van der Waals surface area contributed by atoms with Crippen LogP contribution in [0.5, 0.6) is 0 Å². The molecule has 0 spiro atoms. The Morgan fingerprint density at radius 2 is 1.00 bits per heavy atom. The van der Waals surface area contributed by atoms with E-state index in [0.717, 1.165) is 0 Å². The molecule has 8 heteroatoms. The molecule has 0 bridgehead atoms. The Morgan fingerprint density at radius 1 is 0.778 bits per heavy atom. The molecule has 0 N–H and O–H groups in total. The molecule has 0 aliphatic heterocycles. The zero-order valence-corrected chi connectivity index (χ0v) is 11.5. The van der Waals surface area contributed by atoms with Gasteiger partial charge in [0.25, 0.3) is 0 Å². The van der Waals surface area contributed by atoms with Gasteiger partial charge in [-0.2, -0.15) is 0 Å². The predicted octanol–water partition coefficient (Wildman–Crippen LogP) is 3.12. The minimum absolute atomic E-state index is 0.237. The summed E-state index contributed by atoms with van der Waals surface area (Å²) in [7, 11) is 0. The first kappa shape index (κ1) is 18.6. The van der Waals surface area contributed by atoms with E-state index in [2.05, 4.69) is 25.7 Å². The Kier molecular flexibility index (Phi) is 5.88. The summed E-state index contributed by atoms with van der Waals surface area (Å²) < 4.78 is 25.6. The van der Waals surface area contributed by atoms with E-state index in [4.69, 9.17) is 21.0 Å². The third kappa shape index (κ3) is 4.23. The van der Waals surface area contributed by atoms with Crippen LogP contribution in [-0.2, 0) is 0 Å². The number of nitriles is 4. The predicted molar refractivity (Wildman–Crippen MR) is 65.1 cm³/mol. The fourth-order valence-corrected chi connectivity index (χ4v) is 1.07. The average Bonchev–Trinajstić information content (AvgIpc) is 2.43. The van der Waals surface area contributed by atoms with Crippen molar-refractivity contribution in [3.63, 3.8) is 0 Å². The summed E-state index contributed by atoms with van der Waals surface area (Å²) in [5.41, 5.74) is 0. The van der Waals surface area contributed by atoms with E-state index in [9.17, 15) is 8.39 Å². The normalized spacial score (nSPS) is 13.4. The van der Waals surface area contributed by atoms with Crippen LogP contribution in [0.3, 0.4) is 0 Å². The van der Waals surface area contributed by atoms with E-state index in [1.807, 2.05) is 0 Å². The monoisotopic (exact) mass is 274 g/mol. The van der Waals surface area contributed by atoms with Crippen LogP contribution in [0.2, 0.25) is 0 Å². The zero-order chi connectivity index (χ0) is 14.9. The molecule has 0 unspecified atom stereocenters. The Labute approximate surface area is 105 Å². The van der Waals surface area contributed by atoms with Gasteiger partial charge in [-0.25, -0.2) is 0 Å². The van der Waals surface area contributed by atoms with Crippen LogP contribution in [0.25, 0.3) is 0 Å². The molecule has 0 fully saturated rings. The van der Waals surface area contributed by atoms with Gasteiger partial charge in [0.1, 0.15) is 0 Å². The van der Waals surface area contributed by atoms with Gasteiger partial charge in [0.15, 0.2) is 0 Å². The van der Waals surface area contributed by atoms with Gasteiger partial charge in [0.05, 0.1) is 0 Å². The van der Waals surface area contributed by atoms with Gasteiger partial charge in [-0.1, -0.05) is 20.8 Å². The Hall–Kier alpha value is -1.79. The molecule has 5 nitrogen and oxygen atoms in total. The molecule has 0 aliphatic carbocycles. The average molecular weight is 274 g/mol. The van der Waals surface area contributed by atoms with Crippen molar-refractivity contribution in [2.45, 2.75) is 20.8 Å². The van der Waals surface area contributed by atoms with E-state index in [1.54, 1.807) is 0 Å². The topological polar surface area (TPSA) is 98.4 Å². The number of hydrogen-bond acceptors (Lipinski definition) is 5. The third-order valence-electron chi connectivity index (χ3n) is 2.24. The number of halogens is 2. The summed E-state index contributed by atoms with van der Waals surface area (Å²) in [6, 6.07) is 0. The van der Waals surface area contributed by atoms with Gasteiger partial charge in [-0.3, -0.25) is 0 Å². The first-order chi connectivity index (χ1) is 8.15. The molecule has 0 amide bonds. The molecule has 0 rings (SSSR count). The van der Waals surface area contributed by atoms with Crippen molar-refractivity contribution >= 4 is 6.57 Å². The van der Waals surface area contributed by atoms with Crippen molar-refractivity contribution in [2.75, 3.05) is 19.6 Å². The van der Waals surface area contributed by atoms with Gasteiger partial charge < -0.3 is 4.90 Å². The van der Waals surface area contributed by atoms with Crippen molar-refractivity contribution in [3.05, 3.63) is 0 Å². The molecular weight excluding hydrogens is 259 g/mol. The SMILES string of the molecule is CCN(CC)CC.N#C[P-](F)(F)(C#N)(C#N)C#N. The maximum atomic E-state index is 12.8. The summed E-state index contributed by atoms with van der Waals surface area (Å²) in [5, 5.41) is 31.6. The van der Waals surface area contributed by atoms with Gasteiger partial charge >= 0.3 is 59.2 Å². The van der Waals surface area contributed by atoms with Crippen molar-refractivity contribution < 1.29 is 8.39 Å². The molecule has 0 aromatic rings. The van der Waals surface area contributed by atoms with Crippen molar-refractivity contribution in [1.29, 1.82) is 21.0 Å².